The van der Waals surface area contributed by atoms with Gasteiger partial charge in [0.05, 0.1) is 4.53 Å². The van der Waals surface area contributed by atoms with Gasteiger partial charge < -0.3 is 5.32 Å². The van der Waals surface area contributed by atoms with Crippen molar-refractivity contribution in [1.82, 2.24) is 9.88 Å². The van der Waals surface area contributed by atoms with Gasteiger partial charge >= 0.3 is 0 Å². The summed E-state index contributed by atoms with van der Waals surface area (Å²) in [4.78, 5) is 25.1. The third kappa shape index (κ3) is 3.78. The standard InChI is InChI=1S/C20H21N3O2S/c1-4-23-19(25)17(10-14-8-12(2)7-13(3)9-14)26-20(23)16(11-21)18(24)22-15-5-6-15/h7-10,15H,4-6H2,1-3H3,(H,22,24). The molecule has 5 nitrogen and oxygen atoms in total. The fourth-order valence-corrected chi connectivity index (χ4v) is 4.08. The number of nitrogens with one attached hydrogen (secondary N) is 1. The lowest BCUT2D eigenvalue weighted by Crippen LogP contribution is -2.35. The van der Waals surface area contributed by atoms with E-state index in [0.29, 0.717) is 15.7 Å². The number of thiazole rings is 1. The van der Waals surface area contributed by atoms with Crippen LogP contribution in [0.2, 0.25) is 0 Å². The van der Waals surface area contributed by atoms with Crippen molar-refractivity contribution in [3.05, 3.63) is 54.4 Å². The molecule has 0 radical (unpaired) electrons. The normalized spacial score (nSPS) is 15.5. The Morgan fingerprint density at radius 2 is 2.00 bits per heavy atom. The predicted molar refractivity (Wildman–Crippen MR) is 103 cm³/mol. The van der Waals surface area contributed by atoms with Crippen LogP contribution in [0.1, 0.15) is 36.5 Å². The zero-order valence-electron chi connectivity index (χ0n) is 15.1. The van der Waals surface area contributed by atoms with Crippen LogP contribution in [0.5, 0.6) is 0 Å². The number of amides is 1. The molecule has 26 heavy (non-hydrogen) atoms. The molecular weight excluding hydrogens is 346 g/mol. The molecule has 1 aromatic carbocycles. The third-order valence-corrected chi connectivity index (χ3v) is 5.36. The van der Waals surface area contributed by atoms with E-state index >= 15 is 0 Å². The summed E-state index contributed by atoms with van der Waals surface area (Å²) in [5, 5.41) is 12.3. The molecule has 1 aromatic heterocycles. The van der Waals surface area contributed by atoms with Crippen LogP contribution in [-0.4, -0.2) is 16.5 Å². The average molecular weight is 367 g/mol. The van der Waals surface area contributed by atoms with Crippen LogP contribution in [0.25, 0.3) is 11.6 Å². The molecule has 3 rings (SSSR count). The summed E-state index contributed by atoms with van der Waals surface area (Å²) in [7, 11) is 0. The Morgan fingerprint density at radius 3 is 2.54 bits per heavy atom. The fraction of sp³-hybridized carbons (Fsp3) is 0.350. The average Bonchev–Trinajstić information content (AvgIpc) is 3.32. The Labute approximate surface area is 155 Å². The first-order chi connectivity index (χ1) is 12.4. The smallest absolute Gasteiger partial charge is 0.269 e. The summed E-state index contributed by atoms with van der Waals surface area (Å²) in [5.74, 6) is -0.392. The molecule has 6 heteroatoms. The summed E-state index contributed by atoms with van der Waals surface area (Å²) in [6.45, 7) is 6.27. The number of benzene rings is 1. The minimum Gasteiger partial charge on any atom is -0.349 e. The molecule has 1 aliphatic rings. The maximum atomic E-state index is 12.8. The van der Waals surface area contributed by atoms with E-state index in [4.69, 9.17) is 0 Å². The summed E-state index contributed by atoms with van der Waals surface area (Å²) in [5.41, 5.74) is 3.03. The monoisotopic (exact) mass is 367 g/mol. The van der Waals surface area contributed by atoms with Gasteiger partial charge in [0.1, 0.15) is 10.7 Å². The number of rotatable bonds is 4. The highest BCUT2D eigenvalue weighted by Gasteiger charge is 2.25. The lowest BCUT2D eigenvalue weighted by Gasteiger charge is -2.01. The van der Waals surface area contributed by atoms with Crippen LogP contribution in [0.4, 0.5) is 0 Å². The van der Waals surface area contributed by atoms with Gasteiger partial charge in [-0.15, -0.1) is 11.3 Å². The molecule has 0 aliphatic heterocycles. The summed E-state index contributed by atoms with van der Waals surface area (Å²) in [6, 6.07) is 8.25. The minimum absolute atomic E-state index is 0.0147. The van der Waals surface area contributed by atoms with Gasteiger partial charge in [0.25, 0.3) is 11.5 Å². The van der Waals surface area contributed by atoms with Gasteiger partial charge in [0.2, 0.25) is 0 Å². The number of aryl methyl sites for hydroxylation is 2. The van der Waals surface area contributed by atoms with E-state index in [0.717, 1.165) is 29.5 Å². The van der Waals surface area contributed by atoms with E-state index in [1.54, 1.807) is 0 Å². The maximum absolute atomic E-state index is 12.8. The topological polar surface area (TPSA) is 74.9 Å². The number of carbonyl (C=O) groups excluding carboxylic acids is 1. The lowest BCUT2D eigenvalue weighted by molar-refractivity contribution is -0.115. The number of nitrogens with zero attached hydrogens (tertiary/aromatic N) is 2. The zero-order valence-corrected chi connectivity index (χ0v) is 15.9. The highest BCUT2D eigenvalue weighted by atomic mass is 32.1. The molecule has 1 saturated carbocycles. The van der Waals surface area contributed by atoms with Crippen molar-refractivity contribution in [2.75, 3.05) is 0 Å². The molecule has 1 heterocycles. The van der Waals surface area contributed by atoms with E-state index in [1.165, 1.54) is 15.9 Å². The molecule has 0 unspecified atom stereocenters. The first kappa shape index (κ1) is 18.2. The van der Waals surface area contributed by atoms with Crippen LogP contribution < -0.4 is 20.1 Å². The molecule has 0 bridgehead atoms. The van der Waals surface area contributed by atoms with E-state index in [2.05, 4.69) is 11.4 Å². The van der Waals surface area contributed by atoms with Gasteiger partial charge in [-0.3, -0.25) is 14.2 Å². The molecule has 1 N–H and O–H groups in total. The Morgan fingerprint density at radius 1 is 1.35 bits per heavy atom. The van der Waals surface area contributed by atoms with Crippen molar-refractivity contribution < 1.29 is 4.79 Å². The molecule has 1 amide bonds. The van der Waals surface area contributed by atoms with Crippen molar-refractivity contribution in [3.63, 3.8) is 0 Å². The van der Waals surface area contributed by atoms with Crippen LogP contribution in [0, 0.1) is 25.2 Å². The largest absolute Gasteiger partial charge is 0.349 e. The SMILES string of the molecule is CCn1c(=C(C#N)C(=O)NC2CC2)sc(=Cc2cc(C)cc(C)c2)c1=O. The first-order valence-corrected chi connectivity index (χ1v) is 9.49. The minimum atomic E-state index is -0.392. The Balaban J connectivity index is 2.19. The predicted octanol–water partition coefficient (Wildman–Crippen LogP) is 1.33. The van der Waals surface area contributed by atoms with Gasteiger partial charge in [0.15, 0.2) is 5.57 Å². The van der Waals surface area contributed by atoms with Gasteiger partial charge in [-0.1, -0.05) is 29.3 Å². The zero-order chi connectivity index (χ0) is 18.8. The Hall–Kier alpha value is -2.65. The van der Waals surface area contributed by atoms with Crippen molar-refractivity contribution in [3.8, 4) is 6.07 Å². The van der Waals surface area contributed by atoms with Crippen molar-refractivity contribution in [2.24, 2.45) is 0 Å². The second-order valence-electron chi connectivity index (χ2n) is 6.62. The highest BCUT2D eigenvalue weighted by molar-refractivity contribution is 7.07. The van der Waals surface area contributed by atoms with Gasteiger partial charge in [-0.05, 0) is 45.3 Å². The number of aromatic nitrogens is 1. The van der Waals surface area contributed by atoms with Gasteiger partial charge in [-0.25, -0.2) is 0 Å². The van der Waals surface area contributed by atoms with Gasteiger partial charge in [-0.2, -0.15) is 5.26 Å². The summed E-state index contributed by atoms with van der Waals surface area (Å²) in [6.07, 6.45) is 3.72. The van der Waals surface area contributed by atoms with E-state index in [9.17, 15) is 14.9 Å². The number of hydrogen-bond donors (Lipinski definition) is 1. The third-order valence-electron chi connectivity index (χ3n) is 4.23. The van der Waals surface area contributed by atoms with Crippen LogP contribution in [0.3, 0.4) is 0 Å². The molecule has 2 aromatic rings. The van der Waals surface area contributed by atoms with Crippen LogP contribution >= 0.6 is 11.3 Å². The second-order valence-corrected chi connectivity index (χ2v) is 7.65. The number of nitriles is 1. The molecule has 134 valence electrons. The fourth-order valence-electron chi connectivity index (χ4n) is 2.92. The quantitative estimate of drug-likeness (QED) is 0.886. The van der Waals surface area contributed by atoms with Crippen molar-refractivity contribution in [1.29, 1.82) is 5.26 Å². The van der Waals surface area contributed by atoms with Crippen molar-refractivity contribution in [2.45, 2.75) is 46.2 Å². The van der Waals surface area contributed by atoms with Gasteiger partial charge in [0, 0.05) is 12.6 Å². The highest BCUT2D eigenvalue weighted by Crippen LogP contribution is 2.19. The number of carbonyl (C=O) groups is 1. The second kappa shape index (κ2) is 7.30. The molecule has 0 atom stereocenters. The molecular formula is C20H21N3O2S. The molecule has 0 spiro atoms. The summed E-state index contributed by atoms with van der Waals surface area (Å²) < 4.78 is 2.46. The summed E-state index contributed by atoms with van der Waals surface area (Å²) >= 11 is 1.20. The van der Waals surface area contributed by atoms with Crippen molar-refractivity contribution >= 4 is 28.9 Å². The van der Waals surface area contributed by atoms with E-state index < -0.39 is 5.91 Å². The van der Waals surface area contributed by atoms with E-state index in [1.807, 2.05) is 45.0 Å². The Kier molecular flexibility index (Phi) is 5.10. The lowest BCUT2D eigenvalue weighted by atomic mass is 10.1. The maximum Gasteiger partial charge on any atom is 0.269 e. The molecule has 1 fully saturated rings. The Bertz CT molecular complexity index is 1060. The molecule has 1 aliphatic carbocycles. The van der Waals surface area contributed by atoms with Crippen LogP contribution in [-0.2, 0) is 11.3 Å². The first-order valence-electron chi connectivity index (χ1n) is 8.68. The van der Waals surface area contributed by atoms with Crippen LogP contribution in [0.15, 0.2) is 23.0 Å². The molecule has 0 saturated heterocycles. The number of hydrogen-bond acceptors (Lipinski definition) is 4. The van der Waals surface area contributed by atoms with E-state index in [-0.39, 0.29) is 17.2 Å².